The van der Waals surface area contributed by atoms with Crippen molar-refractivity contribution in [3.8, 4) is 0 Å². The highest BCUT2D eigenvalue weighted by Crippen LogP contribution is 2.71. The van der Waals surface area contributed by atoms with Gasteiger partial charge in [-0.1, -0.05) is 23.7 Å². The van der Waals surface area contributed by atoms with Crippen LogP contribution in [0.2, 0.25) is 5.02 Å². The summed E-state index contributed by atoms with van der Waals surface area (Å²) in [5.74, 6) is 3.95. The van der Waals surface area contributed by atoms with Gasteiger partial charge in [0.25, 0.3) is 0 Å². The molecule has 6 atom stereocenters. The SMILES string of the molecule is NCC(c1ccc(Cl)cc1)C(O)C1C2C3CCC(C3)C21. The van der Waals surface area contributed by atoms with E-state index in [2.05, 4.69) is 0 Å². The molecule has 6 unspecified atom stereocenters. The van der Waals surface area contributed by atoms with Crippen LogP contribution in [0, 0.1) is 29.6 Å². The van der Waals surface area contributed by atoms with Gasteiger partial charge in [-0.3, -0.25) is 0 Å². The van der Waals surface area contributed by atoms with Crippen LogP contribution in [-0.2, 0) is 0 Å². The zero-order chi connectivity index (χ0) is 13.9. The van der Waals surface area contributed by atoms with Crippen LogP contribution in [0.1, 0.15) is 30.7 Å². The first-order chi connectivity index (χ1) is 9.70. The molecule has 2 bridgehead atoms. The van der Waals surface area contributed by atoms with Crippen molar-refractivity contribution in [1.82, 2.24) is 0 Å². The molecule has 20 heavy (non-hydrogen) atoms. The topological polar surface area (TPSA) is 46.2 Å². The number of fused-ring (bicyclic) bond motifs is 5. The summed E-state index contributed by atoms with van der Waals surface area (Å²) in [4.78, 5) is 0. The van der Waals surface area contributed by atoms with Crippen LogP contribution in [-0.4, -0.2) is 17.8 Å². The van der Waals surface area contributed by atoms with Crippen LogP contribution >= 0.6 is 11.6 Å². The Morgan fingerprint density at radius 2 is 1.75 bits per heavy atom. The molecule has 1 aromatic rings. The van der Waals surface area contributed by atoms with Gasteiger partial charge in [-0.05, 0) is 66.5 Å². The average Bonchev–Trinajstić information content (AvgIpc) is 2.90. The standard InChI is InChI=1S/C17H22ClNO/c18-12-5-3-9(4-6-12)13(8-19)17(20)16-14-10-1-2-11(7-10)15(14)16/h3-6,10-11,13-17,20H,1-2,7-8,19H2. The largest absolute Gasteiger partial charge is 0.392 e. The van der Waals surface area contributed by atoms with Gasteiger partial charge in [0.1, 0.15) is 0 Å². The molecule has 3 aliphatic rings. The van der Waals surface area contributed by atoms with E-state index in [0.29, 0.717) is 12.5 Å². The van der Waals surface area contributed by atoms with Gasteiger partial charge in [0, 0.05) is 17.5 Å². The van der Waals surface area contributed by atoms with Crippen molar-refractivity contribution < 1.29 is 5.11 Å². The van der Waals surface area contributed by atoms with Crippen LogP contribution in [0.25, 0.3) is 0 Å². The number of hydrogen-bond donors (Lipinski definition) is 2. The van der Waals surface area contributed by atoms with E-state index in [4.69, 9.17) is 17.3 Å². The summed E-state index contributed by atoms with van der Waals surface area (Å²) in [6.45, 7) is 0.508. The predicted octanol–water partition coefficient (Wildman–Crippen LogP) is 3.04. The van der Waals surface area contributed by atoms with Crippen molar-refractivity contribution >= 4 is 11.6 Å². The molecule has 0 saturated heterocycles. The summed E-state index contributed by atoms with van der Waals surface area (Å²) in [6.07, 6.45) is 3.93. The van der Waals surface area contributed by atoms with Crippen LogP contribution in [0.3, 0.4) is 0 Å². The smallest absolute Gasteiger partial charge is 0.0654 e. The normalized spacial score (nSPS) is 40.5. The van der Waals surface area contributed by atoms with E-state index in [0.717, 1.165) is 34.3 Å². The van der Waals surface area contributed by atoms with Gasteiger partial charge >= 0.3 is 0 Å². The Morgan fingerprint density at radius 1 is 1.15 bits per heavy atom. The van der Waals surface area contributed by atoms with E-state index < -0.39 is 0 Å². The first-order valence-corrected chi connectivity index (χ1v) is 8.22. The van der Waals surface area contributed by atoms with Crippen molar-refractivity contribution in [2.45, 2.75) is 31.3 Å². The molecule has 0 amide bonds. The summed E-state index contributed by atoms with van der Waals surface area (Å²) >= 11 is 5.94. The number of benzene rings is 1. The maximum Gasteiger partial charge on any atom is 0.0654 e. The van der Waals surface area contributed by atoms with E-state index in [1.807, 2.05) is 24.3 Å². The van der Waals surface area contributed by atoms with Gasteiger partial charge in [-0.25, -0.2) is 0 Å². The van der Waals surface area contributed by atoms with Crippen LogP contribution in [0.4, 0.5) is 0 Å². The maximum absolute atomic E-state index is 10.8. The fourth-order valence-corrected chi connectivity index (χ4v) is 5.43. The van der Waals surface area contributed by atoms with Crippen molar-refractivity contribution in [2.24, 2.45) is 35.3 Å². The lowest BCUT2D eigenvalue weighted by atomic mass is 9.87. The molecule has 3 N–H and O–H groups in total. The number of rotatable bonds is 4. The Bertz CT molecular complexity index is 486. The minimum Gasteiger partial charge on any atom is -0.392 e. The second-order valence-electron chi connectivity index (χ2n) is 6.95. The van der Waals surface area contributed by atoms with Gasteiger partial charge < -0.3 is 10.8 Å². The Labute approximate surface area is 125 Å². The summed E-state index contributed by atoms with van der Waals surface area (Å²) in [5.41, 5.74) is 7.08. The zero-order valence-electron chi connectivity index (χ0n) is 11.6. The number of halogens is 1. The zero-order valence-corrected chi connectivity index (χ0v) is 12.3. The fourth-order valence-electron chi connectivity index (χ4n) is 5.30. The third kappa shape index (κ3) is 1.85. The highest BCUT2D eigenvalue weighted by Gasteiger charge is 2.67. The average molecular weight is 292 g/mol. The van der Waals surface area contributed by atoms with Crippen LogP contribution < -0.4 is 5.73 Å². The lowest BCUT2D eigenvalue weighted by molar-refractivity contribution is 0.102. The summed E-state index contributed by atoms with van der Waals surface area (Å²) in [6, 6.07) is 7.80. The highest BCUT2D eigenvalue weighted by molar-refractivity contribution is 6.30. The molecule has 0 aromatic heterocycles. The van der Waals surface area contributed by atoms with E-state index in [1.165, 1.54) is 19.3 Å². The molecule has 3 saturated carbocycles. The fraction of sp³-hybridized carbons (Fsp3) is 0.647. The van der Waals surface area contributed by atoms with Gasteiger partial charge in [0.05, 0.1) is 6.10 Å². The van der Waals surface area contributed by atoms with Crippen molar-refractivity contribution in [1.29, 1.82) is 0 Å². The molecule has 0 radical (unpaired) electrons. The Kier molecular flexibility index (Phi) is 3.10. The van der Waals surface area contributed by atoms with Crippen molar-refractivity contribution in [3.63, 3.8) is 0 Å². The summed E-state index contributed by atoms with van der Waals surface area (Å²) in [5, 5.41) is 11.6. The van der Waals surface area contributed by atoms with Crippen molar-refractivity contribution in [2.75, 3.05) is 6.54 Å². The third-order valence-corrected chi connectivity index (χ3v) is 6.41. The highest BCUT2D eigenvalue weighted by atomic mass is 35.5. The van der Waals surface area contributed by atoms with E-state index in [9.17, 15) is 5.11 Å². The van der Waals surface area contributed by atoms with Gasteiger partial charge in [-0.15, -0.1) is 0 Å². The molecule has 0 aliphatic heterocycles. The number of aliphatic hydroxyl groups is 1. The molecule has 0 spiro atoms. The second-order valence-corrected chi connectivity index (χ2v) is 7.39. The predicted molar refractivity (Wildman–Crippen MR) is 80.6 cm³/mol. The molecule has 3 aliphatic carbocycles. The molecule has 4 rings (SSSR count). The second kappa shape index (κ2) is 4.72. The van der Waals surface area contributed by atoms with Crippen LogP contribution in [0.5, 0.6) is 0 Å². The molecular weight excluding hydrogens is 270 g/mol. The molecule has 2 nitrogen and oxygen atoms in total. The molecule has 3 heteroatoms. The number of nitrogens with two attached hydrogens (primary N) is 1. The molecule has 108 valence electrons. The Morgan fingerprint density at radius 3 is 2.30 bits per heavy atom. The van der Waals surface area contributed by atoms with E-state index in [-0.39, 0.29) is 12.0 Å². The lowest BCUT2D eigenvalue weighted by Crippen LogP contribution is -2.29. The minimum atomic E-state index is -0.278. The summed E-state index contributed by atoms with van der Waals surface area (Å²) in [7, 11) is 0. The number of aliphatic hydroxyl groups excluding tert-OH is 1. The van der Waals surface area contributed by atoms with Gasteiger partial charge in [0.15, 0.2) is 0 Å². The minimum absolute atomic E-state index is 0.0577. The summed E-state index contributed by atoms with van der Waals surface area (Å²) < 4.78 is 0. The Hall–Kier alpha value is -0.570. The number of hydrogen-bond acceptors (Lipinski definition) is 2. The van der Waals surface area contributed by atoms with Crippen LogP contribution in [0.15, 0.2) is 24.3 Å². The lowest BCUT2D eigenvalue weighted by Gasteiger charge is -2.24. The monoisotopic (exact) mass is 291 g/mol. The molecule has 3 fully saturated rings. The van der Waals surface area contributed by atoms with E-state index >= 15 is 0 Å². The quantitative estimate of drug-likeness (QED) is 0.896. The Balaban J connectivity index is 1.52. The molecular formula is C17H22ClNO. The van der Waals surface area contributed by atoms with Crippen molar-refractivity contribution in [3.05, 3.63) is 34.9 Å². The van der Waals surface area contributed by atoms with E-state index in [1.54, 1.807) is 0 Å². The maximum atomic E-state index is 10.8. The van der Waals surface area contributed by atoms with Gasteiger partial charge in [0.2, 0.25) is 0 Å². The first-order valence-electron chi connectivity index (χ1n) is 7.84. The van der Waals surface area contributed by atoms with Gasteiger partial charge in [-0.2, -0.15) is 0 Å². The first kappa shape index (κ1) is 13.1. The molecule has 0 heterocycles. The third-order valence-electron chi connectivity index (χ3n) is 6.15. The molecule has 1 aromatic carbocycles.